The van der Waals surface area contributed by atoms with Gasteiger partial charge in [-0.05, 0) is 62.4 Å². The smallest absolute Gasteiger partial charge is 0.319 e. The van der Waals surface area contributed by atoms with Crippen LogP contribution in [0.3, 0.4) is 0 Å². The van der Waals surface area contributed by atoms with Gasteiger partial charge in [-0.3, -0.25) is 4.79 Å². The third-order valence-corrected chi connectivity index (χ3v) is 5.62. The average Bonchev–Trinajstić information content (AvgIpc) is 2.79. The molecule has 2 aromatic rings. The van der Waals surface area contributed by atoms with E-state index >= 15 is 0 Å². The first-order chi connectivity index (χ1) is 15.4. The lowest BCUT2D eigenvalue weighted by Gasteiger charge is -2.32. The number of amides is 3. The van der Waals surface area contributed by atoms with Gasteiger partial charge in [0.25, 0.3) is 5.91 Å². The minimum Gasteiger partial charge on any atom is -0.380 e. The number of hydrogen-bond acceptors (Lipinski definition) is 4. The molecule has 0 spiro atoms. The molecule has 0 aliphatic carbocycles. The highest BCUT2D eigenvalue weighted by atomic mass is 16.5. The normalized spacial score (nSPS) is 14.2. The van der Waals surface area contributed by atoms with Crippen molar-refractivity contribution in [2.45, 2.75) is 45.3 Å². The number of benzene rings is 2. The molecule has 1 fully saturated rings. The lowest BCUT2D eigenvalue weighted by molar-refractivity contribution is 0.0713. The van der Waals surface area contributed by atoms with Gasteiger partial charge >= 0.3 is 6.03 Å². The van der Waals surface area contributed by atoms with E-state index in [1.54, 1.807) is 19.2 Å². The highest BCUT2D eigenvalue weighted by Gasteiger charge is 2.25. The van der Waals surface area contributed by atoms with Crippen molar-refractivity contribution in [1.82, 2.24) is 10.2 Å². The molecule has 2 N–H and O–H groups in total. The first kappa shape index (κ1) is 23.3. The maximum absolute atomic E-state index is 13.1. The maximum Gasteiger partial charge on any atom is 0.319 e. The summed E-state index contributed by atoms with van der Waals surface area (Å²) in [4.78, 5) is 27.2. The molecule has 7 heteroatoms. The molecule has 0 radical (unpaired) electrons. The van der Waals surface area contributed by atoms with Crippen LogP contribution in [0.1, 0.15) is 59.7 Å². The monoisotopic (exact) mass is 434 g/mol. The summed E-state index contributed by atoms with van der Waals surface area (Å²) in [5.74, 6) is 0.340. The Bertz CT molecular complexity index is 987. The number of anilines is 1. The van der Waals surface area contributed by atoms with Gasteiger partial charge in [-0.25, -0.2) is 4.79 Å². The molecule has 32 heavy (non-hydrogen) atoms. The van der Waals surface area contributed by atoms with Crippen molar-refractivity contribution in [2.24, 2.45) is 0 Å². The second kappa shape index (κ2) is 10.8. The van der Waals surface area contributed by atoms with Crippen LogP contribution in [0, 0.1) is 11.3 Å². The predicted octanol–water partition coefficient (Wildman–Crippen LogP) is 4.25. The van der Waals surface area contributed by atoms with E-state index in [9.17, 15) is 9.59 Å². The molecule has 168 valence electrons. The van der Waals surface area contributed by atoms with Gasteiger partial charge in [0, 0.05) is 43.1 Å². The number of piperidine rings is 1. The van der Waals surface area contributed by atoms with Crippen LogP contribution in [0.2, 0.25) is 0 Å². The fourth-order valence-corrected chi connectivity index (χ4v) is 3.96. The number of likely N-dealkylation sites (tertiary alicyclic amines) is 1. The van der Waals surface area contributed by atoms with E-state index in [1.807, 2.05) is 49.1 Å². The lowest BCUT2D eigenvalue weighted by atomic mass is 9.89. The molecule has 1 heterocycles. The highest BCUT2D eigenvalue weighted by molar-refractivity contribution is 5.97. The number of ether oxygens (including phenoxy) is 1. The Labute approximate surface area is 189 Å². The SMILES string of the molecule is COCc1ccc(C(=O)N2CCC(c3ccc(C#N)cc3)CC2)cc1NC(=O)NC(C)C. The number of hydrogen-bond donors (Lipinski definition) is 2. The lowest BCUT2D eigenvalue weighted by Crippen LogP contribution is -2.38. The zero-order chi connectivity index (χ0) is 23.1. The number of carbonyl (C=O) groups is 2. The van der Waals surface area contributed by atoms with E-state index in [0.29, 0.717) is 42.4 Å². The summed E-state index contributed by atoms with van der Waals surface area (Å²) in [6.07, 6.45) is 1.75. The largest absolute Gasteiger partial charge is 0.380 e. The number of nitriles is 1. The molecule has 1 aliphatic heterocycles. The quantitative estimate of drug-likeness (QED) is 0.710. The highest BCUT2D eigenvalue weighted by Crippen LogP contribution is 2.29. The molecule has 1 saturated heterocycles. The van der Waals surface area contributed by atoms with Crippen LogP contribution >= 0.6 is 0 Å². The molecular weight excluding hydrogens is 404 g/mol. The minimum absolute atomic E-state index is 0.00286. The Kier molecular flexibility index (Phi) is 7.85. The van der Waals surface area contributed by atoms with Crippen molar-refractivity contribution < 1.29 is 14.3 Å². The molecule has 3 rings (SSSR count). The van der Waals surface area contributed by atoms with Crippen LogP contribution in [-0.4, -0.2) is 43.1 Å². The van der Waals surface area contributed by atoms with Gasteiger partial charge in [0.05, 0.1) is 18.2 Å². The maximum atomic E-state index is 13.1. The van der Waals surface area contributed by atoms with Crippen molar-refractivity contribution in [2.75, 3.05) is 25.5 Å². The van der Waals surface area contributed by atoms with Crippen LogP contribution in [0.15, 0.2) is 42.5 Å². The minimum atomic E-state index is -0.315. The zero-order valence-electron chi connectivity index (χ0n) is 18.9. The molecular formula is C25H30N4O3. The topological polar surface area (TPSA) is 94.5 Å². The zero-order valence-corrected chi connectivity index (χ0v) is 18.9. The van der Waals surface area contributed by atoms with E-state index in [-0.39, 0.29) is 18.0 Å². The van der Waals surface area contributed by atoms with Crippen molar-refractivity contribution in [3.63, 3.8) is 0 Å². The summed E-state index contributed by atoms with van der Waals surface area (Å²) in [6, 6.07) is 14.9. The van der Waals surface area contributed by atoms with Gasteiger partial charge in [-0.2, -0.15) is 5.26 Å². The standard InChI is InChI=1S/C25H30N4O3/c1-17(2)27-25(31)28-23-14-21(8-9-22(23)16-32-3)24(30)29-12-10-20(11-13-29)19-6-4-18(15-26)5-7-19/h4-9,14,17,20H,10-13,16H2,1-3H3,(H2,27,28,31). The van der Waals surface area contributed by atoms with Gasteiger partial charge in [0.2, 0.25) is 0 Å². The average molecular weight is 435 g/mol. The summed E-state index contributed by atoms with van der Waals surface area (Å²) in [5.41, 5.74) is 3.79. The molecule has 0 aromatic heterocycles. The Morgan fingerprint density at radius 1 is 1.16 bits per heavy atom. The van der Waals surface area contributed by atoms with Crippen LogP contribution in [0.25, 0.3) is 0 Å². The van der Waals surface area contributed by atoms with Crippen molar-refractivity contribution in [3.05, 3.63) is 64.7 Å². The van der Waals surface area contributed by atoms with Crippen LogP contribution in [0.4, 0.5) is 10.5 Å². The van der Waals surface area contributed by atoms with E-state index in [2.05, 4.69) is 16.7 Å². The van der Waals surface area contributed by atoms with Gasteiger partial charge < -0.3 is 20.3 Å². The number of urea groups is 1. The van der Waals surface area contributed by atoms with Crippen LogP contribution in [0.5, 0.6) is 0 Å². The Balaban J connectivity index is 1.68. The fraction of sp³-hybridized carbons (Fsp3) is 0.400. The Hall–Kier alpha value is -3.37. The summed E-state index contributed by atoms with van der Waals surface area (Å²) in [6.45, 7) is 5.44. The predicted molar refractivity (Wildman–Crippen MR) is 123 cm³/mol. The molecule has 3 amide bonds. The van der Waals surface area contributed by atoms with Gasteiger partial charge in [-0.1, -0.05) is 18.2 Å². The molecule has 0 bridgehead atoms. The summed E-state index contributed by atoms with van der Waals surface area (Å²) in [7, 11) is 1.59. The number of carbonyl (C=O) groups excluding carboxylic acids is 2. The van der Waals surface area contributed by atoms with E-state index in [1.165, 1.54) is 5.56 Å². The summed E-state index contributed by atoms with van der Waals surface area (Å²) in [5, 5.41) is 14.6. The first-order valence-corrected chi connectivity index (χ1v) is 10.9. The Morgan fingerprint density at radius 2 is 1.84 bits per heavy atom. The van der Waals surface area contributed by atoms with Gasteiger partial charge in [0.1, 0.15) is 0 Å². The third kappa shape index (κ3) is 5.86. The molecule has 0 atom stereocenters. The summed E-state index contributed by atoms with van der Waals surface area (Å²) < 4.78 is 5.23. The van der Waals surface area contributed by atoms with Crippen molar-refractivity contribution in [1.29, 1.82) is 5.26 Å². The van der Waals surface area contributed by atoms with Crippen molar-refractivity contribution in [3.8, 4) is 6.07 Å². The first-order valence-electron chi connectivity index (χ1n) is 10.9. The Morgan fingerprint density at radius 3 is 2.44 bits per heavy atom. The second-order valence-electron chi connectivity index (χ2n) is 8.36. The number of methoxy groups -OCH3 is 1. The second-order valence-corrected chi connectivity index (χ2v) is 8.36. The fourth-order valence-electron chi connectivity index (χ4n) is 3.96. The molecule has 2 aromatic carbocycles. The van der Waals surface area contributed by atoms with Crippen LogP contribution < -0.4 is 10.6 Å². The summed E-state index contributed by atoms with van der Waals surface area (Å²) >= 11 is 0. The van der Waals surface area contributed by atoms with Gasteiger partial charge in [0.15, 0.2) is 0 Å². The van der Waals surface area contributed by atoms with Gasteiger partial charge in [-0.15, -0.1) is 0 Å². The van der Waals surface area contributed by atoms with Crippen molar-refractivity contribution >= 4 is 17.6 Å². The number of rotatable bonds is 6. The van der Waals surface area contributed by atoms with Crippen LogP contribution in [-0.2, 0) is 11.3 Å². The number of nitrogens with zero attached hydrogens (tertiary/aromatic N) is 2. The molecule has 0 saturated carbocycles. The third-order valence-electron chi connectivity index (χ3n) is 5.62. The van der Waals surface area contributed by atoms with E-state index in [0.717, 1.165) is 18.4 Å². The van der Waals surface area contributed by atoms with E-state index < -0.39 is 0 Å². The molecule has 0 unspecified atom stereocenters. The molecule has 1 aliphatic rings. The number of nitrogens with one attached hydrogen (secondary N) is 2. The molecule has 7 nitrogen and oxygen atoms in total. The van der Waals surface area contributed by atoms with E-state index in [4.69, 9.17) is 10.00 Å².